The topological polar surface area (TPSA) is 46.9 Å². The first-order chi connectivity index (χ1) is 9.20. The van der Waals surface area contributed by atoms with Gasteiger partial charge in [0.25, 0.3) is 5.56 Å². The van der Waals surface area contributed by atoms with Crippen molar-refractivity contribution < 1.29 is 0 Å². The number of aromatic nitrogens is 2. The number of pyridine rings is 2. The van der Waals surface area contributed by atoms with E-state index < -0.39 is 0 Å². The van der Waals surface area contributed by atoms with Crippen LogP contribution in [0.4, 0.5) is 5.69 Å². The summed E-state index contributed by atoms with van der Waals surface area (Å²) in [6.07, 6.45) is 2.85. The van der Waals surface area contributed by atoms with Crippen molar-refractivity contribution in [1.29, 1.82) is 0 Å². The van der Waals surface area contributed by atoms with Gasteiger partial charge in [0, 0.05) is 30.2 Å². The van der Waals surface area contributed by atoms with Crippen molar-refractivity contribution >= 4 is 5.69 Å². The lowest BCUT2D eigenvalue weighted by molar-refractivity contribution is 0.713. The highest BCUT2D eigenvalue weighted by molar-refractivity contribution is 5.43. The Labute approximate surface area is 113 Å². The van der Waals surface area contributed by atoms with Crippen LogP contribution in [0.5, 0.6) is 0 Å². The van der Waals surface area contributed by atoms with E-state index in [0.29, 0.717) is 6.54 Å². The van der Waals surface area contributed by atoms with Crippen molar-refractivity contribution in [2.75, 3.05) is 11.9 Å². The average Bonchev–Trinajstić information content (AvgIpc) is 2.41. The molecule has 0 aromatic carbocycles. The summed E-state index contributed by atoms with van der Waals surface area (Å²) < 4.78 is 1.73. The molecule has 0 aliphatic carbocycles. The average molecular weight is 257 g/mol. The number of anilines is 1. The Hall–Kier alpha value is -2.10. The summed E-state index contributed by atoms with van der Waals surface area (Å²) in [4.78, 5) is 16.1. The van der Waals surface area contributed by atoms with E-state index in [4.69, 9.17) is 0 Å². The van der Waals surface area contributed by atoms with Crippen LogP contribution in [-0.4, -0.2) is 16.1 Å². The molecule has 2 aromatic rings. The lowest BCUT2D eigenvalue weighted by Gasteiger charge is -2.10. The minimum absolute atomic E-state index is 0.00807. The highest BCUT2D eigenvalue weighted by Gasteiger charge is 2.02. The minimum atomic E-state index is 0.00807. The maximum atomic E-state index is 11.8. The summed E-state index contributed by atoms with van der Waals surface area (Å²) in [7, 11) is 0. The molecule has 2 aromatic heterocycles. The van der Waals surface area contributed by atoms with Gasteiger partial charge in [0.1, 0.15) is 0 Å². The van der Waals surface area contributed by atoms with Crippen LogP contribution in [0.25, 0.3) is 0 Å². The second kappa shape index (κ2) is 6.18. The van der Waals surface area contributed by atoms with Gasteiger partial charge in [0.2, 0.25) is 0 Å². The number of hydrogen-bond acceptors (Lipinski definition) is 3. The summed E-state index contributed by atoms with van der Waals surface area (Å²) in [5.41, 5.74) is 2.89. The predicted molar refractivity (Wildman–Crippen MR) is 77.6 cm³/mol. The number of nitrogens with one attached hydrogen (secondary N) is 1. The Balaban J connectivity index is 2.21. The molecule has 100 valence electrons. The van der Waals surface area contributed by atoms with Gasteiger partial charge >= 0.3 is 0 Å². The first kappa shape index (κ1) is 13.3. The molecule has 0 fully saturated rings. The zero-order valence-corrected chi connectivity index (χ0v) is 11.4. The molecule has 19 heavy (non-hydrogen) atoms. The number of hydrogen-bond donors (Lipinski definition) is 1. The van der Waals surface area contributed by atoms with Crippen LogP contribution >= 0.6 is 0 Å². The molecular formula is C15H19N3O. The van der Waals surface area contributed by atoms with Crippen molar-refractivity contribution in [1.82, 2.24) is 9.55 Å². The van der Waals surface area contributed by atoms with Gasteiger partial charge in [0.15, 0.2) is 0 Å². The largest absolute Gasteiger partial charge is 0.385 e. The van der Waals surface area contributed by atoms with E-state index in [9.17, 15) is 4.79 Å². The fourth-order valence-corrected chi connectivity index (χ4v) is 1.93. The molecule has 0 spiro atoms. The van der Waals surface area contributed by atoms with E-state index in [1.165, 1.54) is 0 Å². The normalized spacial score (nSPS) is 10.4. The second-order valence-electron chi connectivity index (χ2n) is 4.55. The van der Waals surface area contributed by atoms with Crippen molar-refractivity contribution in [2.24, 2.45) is 0 Å². The fourth-order valence-electron chi connectivity index (χ4n) is 1.93. The number of nitrogens with zero attached hydrogens (tertiary/aromatic N) is 2. The zero-order valence-electron chi connectivity index (χ0n) is 11.4. The SMILES string of the molecule is CCCNc1ccnc(Cn2c(C)cccc2=O)c1. The van der Waals surface area contributed by atoms with E-state index in [-0.39, 0.29) is 5.56 Å². The van der Waals surface area contributed by atoms with Gasteiger partial charge in [-0.2, -0.15) is 0 Å². The Bertz CT molecular complexity index is 604. The summed E-state index contributed by atoms with van der Waals surface area (Å²) >= 11 is 0. The maximum absolute atomic E-state index is 11.8. The second-order valence-corrected chi connectivity index (χ2v) is 4.55. The predicted octanol–water partition coefficient (Wildman–Crippen LogP) is 2.42. The Morgan fingerprint density at radius 1 is 1.32 bits per heavy atom. The van der Waals surface area contributed by atoms with Crippen LogP contribution in [-0.2, 0) is 6.54 Å². The molecule has 0 aliphatic heterocycles. The highest BCUT2D eigenvalue weighted by Crippen LogP contribution is 2.09. The number of rotatable bonds is 5. The summed E-state index contributed by atoms with van der Waals surface area (Å²) in [5.74, 6) is 0. The van der Waals surface area contributed by atoms with Crippen LogP contribution in [0.1, 0.15) is 24.7 Å². The summed E-state index contributed by atoms with van der Waals surface area (Å²) in [6, 6.07) is 9.22. The fraction of sp³-hybridized carbons (Fsp3) is 0.333. The van der Waals surface area contributed by atoms with Gasteiger partial charge in [-0.15, -0.1) is 0 Å². The maximum Gasteiger partial charge on any atom is 0.251 e. The van der Waals surface area contributed by atoms with Crippen molar-refractivity contribution in [3.8, 4) is 0 Å². The zero-order chi connectivity index (χ0) is 13.7. The van der Waals surface area contributed by atoms with E-state index in [2.05, 4.69) is 17.2 Å². The smallest absolute Gasteiger partial charge is 0.251 e. The first-order valence-electron chi connectivity index (χ1n) is 6.56. The molecule has 0 unspecified atom stereocenters. The van der Waals surface area contributed by atoms with Gasteiger partial charge in [-0.25, -0.2) is 0 Å². The third-order valence-electron chi connectivity index (χ3n) is 2.98. The molecule has 4 heteroatoms. The first-order valence-corrected chi connectivity index (χ1v) is 6.56. The van der Waals surface area contributed by atoms with Crippen LogP contribution < -0.4 is 10.9 Å². The van der Waals surface area contributed by atoms with E-state index in [1.54, 1.807) is 22.9 Å². The summed E-state index contributed by atoms with van der Waals surface area (Å²) in [5, 5.41) is 3.32. The van der Waals surface area contributed by atoms with Gasteiger partial charge < -0.3 is 9.88 Å². The summed E-state index contributed by atoms with van der Waals surface area (Å²) in [6.45, 7) is 5.50. The van der Waals surface area contributed by atoms with Gasteiger partial charge in [0.05, 0.1) is 12.2 Å². The van der Waals surface area contributed by atoms with E-state index in [1.807, 2.05) is 25.1 Å². The molecule has 0 radical (unpaired) electrons. The Morgan fingerprint density at radius 3 is 2.89 bits per heavy atom. The quantitative estimate of drug-likeness (QED) is 0.894. The van der Waals surface area contributed by atoms with Crippen molar-refractivity contribution in [2.45, 2.75) is 26.8 Å². The molecule has 4 nitrogen and oxygen atoms in total. The molecule has 0 saturated carbocycles. The molecule has 2 heterocycles. The van der Waals surface area contributed by atoms with Gasteiger partial charge in [-0.05, 0) is 31.5 Å². The molecule has 0 aliphatic rings. The molecule has 0 amide bonds. The highest BCUT2D eigenvalue weighted by atomic mass is 16.1. The Morgan fingerprint density at radius 2 is 2.16 bits per heavy atom. The standard InChI is InChI=1S/C15H19N3O/c1-3-8-16-13-7-9-17-14(10-13)11-18-12(2)5-4-6-15(18)19/h4-7,9-10H,3,8,11H2,1-2H3,(H,16,17). The number of aryl methyl sites for hydroxylation is 1. The molecule has 2 rings (SSSR count). The van der Waals surface area contributed by atoms with E-state index >= 15 is 0 Å². The van der Waals surface area contributed by atoms with Crippen molar-refractivity contribution in [3.05, 3.63) is 58.3 Å². The molecule has 0 saturated heterocycles. The third kappa shape index (κ3) is 3.44. The van der Waals surface area contributed by atoms with Crippen LogP contribution in [0.3, 0.4) is 0 Å². The molecule has 0 atom stereocenters. The van der Waals surface area contributed by atoms with Gasteiger partial charge in [-0.1, -0.05) is 13.0 Å². The molecule has 0 bridgehead atoms. The monoisotopic (exact) mass is 257 g/mol. The van der Waals surface area contributed by atoms with E-state index in [0.717, 1.165) is 30.0 Å². The third-order valence-corrected chi connectivity index (χ3v) is 2.98. The Kier molecular flexibility index (Phi) is 4.34. The van der Waals surface area contributed by atoms with Crippen molar-refractivity contribution in [3.63, 3.8) is 0 Å². The lowest BCUT2D eigenvalue weighted by atomic mass is 10.3. The van der Waals surface area contributed by atoms with Crippen LogP contribution in [0.15, 0.2) is 41.3 Å². The lowest BCUT2D eigenvalue weighted by Crippen LogP contribution is -2.22. The van der Waals surface area contributed by atoms with Gasteiger partial charge in [-0.3, -0.25) is 9.78 Å². The van der Waals surface area contributed by atoms with Crippen LogP contribution in [0.2, 0.25) is 0 Å². The molecule has 1 N–H and O–H groups in total. The molecular weight excluding hydrogens is 238 g/mol. The van der Waals surface area contributed by atoms with Crippen LogP contribution in [0, 0.1) is 6.92 Å². The minimum Gasteiger partial charge on any atom is -0.385 e.